The maximum Gasteiger partial charge on any atom is 0.229 e. The minimum Gasteiger partial charge on any atom is -0.308 e. The lowest BCUT2D eigenvalue weighted by molar-refractivity contribution is -0.138. The summed E-state index contributed by atoms with van der Waals surface area (Å²) in [5.74, 6) is -0.0948. The average Bonchev–Trinajstić information content (AvgIpc) is 2.74. The van der Waals surface area contributed by atoms with Crippen LogP contribution < -0.4 is 5.32 Å². The Morgan fingerprint density at radius 3 is 2.19 bits per heavy atom. The van der Waals surface area contributed by atoms with E-state index in [0.717, 1.165) is 0 Å². The summed E-state index contributed by atoms with van der Waals surface area (Å²) in [7, 11) is 0. The van der Waals surface area contributed by atoms with Crippen molar-refractivity contribution in [2.75, 3.05) is 13.1 Å². The lowest BCUT2D eigenvalue weighted by Gasteiger charge is -2.32. The molecule has 0 saturated carbocycles. The third-order valence-corrected chi connectivity index (χ3v) is 3.84. The minimum absolute atomic E-state index is 0.0474. The molecule has 2 amide bonds. The van der Waals surface area contributed by atoms with Crippen molar-refractivity contribution in [2.24, 2.45) is 5.41 Å². The Bertz CT molecular complexity index is 489. The van der Waals surface area contributed by atoms with E-state index < -0.39 is 0 Å². The summed E-state index contributed by atoms with van der Waals surface area (Å²) in [6, 6.07) is 10.5. The van der Waals surface area contributed by atoms with Crippen LogP contribution in [0.1, 0.15) is 45.2 Å². The molecule has 114 valence electrons. The molecule has 1 aliphatic rings. The number of hydrogen-bond donors (Lipinski definition) is 1. The minimum atomic E-state index is -0.0474. The van der Waals surface area contributed by atoms with E-state index in [0.29, 0.717) is 25.9 Å². The quantitative estimate of drug-likeness (QED) is 0.847. The van der Waals surface area contributed by atoms with Crippen molar-refractivity contribution in [1.82, 2.24) is 10.2 Å². The molecule has 0 aliphatic carbocycles. The summed E-state index contributed by atoms with van der Waals surface area (Å²) in [5, 5.41) is 3.50. The predicted octanol–water partition coefficient (Wildman–Crippen LogP) is 2.51. The third-order valence-electron chi connectivity index (χ3n) is 3.84. The van der Waals surface area contributed by atoms with Crippen LogP contribution in [0.15, 0.2) is 30.3 Å². The van der Waals surface area contributed by atoms with Gasteiger partial charge in [0.25, 0.3) is 0 Å². The molecule has 1 heterocycles. The molecule has 1 aromatic carbocycles. The summed E-state index contributed by atoms with van der Waals surface area (Å²) < 4.78 is 0. The number of benzene rings is 1. The summed E-state index contributed by atoms with van der Waals surface area (Å²) in [6.45, 7) is 7.63. The molecule has 1 aromatic rings. The molecule has 1 fully saturated rings. The van der Waals surface area contributed by atoms with Gasteiger partial charge in [0.2, 0.25) is 11.8 Å². The number of nitrogens with one attached hydrogen (secondary N) is 1. The third kappa shape index (κ3) is 3.91. The second-order valence-corrected chi connectivity index (χ2v) is 6.60. The fourth-order valence-corrected chi connectivity index (χ4v) is 2.76. The van der Waals surface area contributed by atoms with Crippen molar-refractivity contribution >= 4 is 11.8 Å². The molecule has 1 saturated heterocycles. The van der Waals surface area contributed by atoms with Crippen LogP contribution in [0.2, 0.25) is 0 Å². The van der Waals surface area contributed by atoms with Crippen LogP contribution in [0, 0.1) is 5.41 Å². The Hall–Kier alpha value is -1.68. The van der Waals surface area contributed by atoms with Crippen molar-refractivity contribution in [2.45, 2.75) is 39.7 Å². The molecule has 0 aromatic heterocycles. The van der Waals surface area contributed by atoms with E-state index in [1.807, 2.05) is 18.2 Å². The van der Waals surface area contributed by atoms with Crippen LogP contribution >= 0.6 is 0 Å². The van der Waals surface area contributed by atoms with Gasteiger partial charge in [0, 0.05) is 32.0 Å². The monoisotopic (exact) mass is 288 g/mol. The van der Waals surface area contributed by atoms with Gasteiger partial charge in [-0.1, -0.05) is 51.1 Å². The second kappa shape index (κ2) is 6.39. The first kappa shape index (κ1) is 15.7. The largest absolute Gasteiger partial charge is 0.308 e. The van der Waals surface area contributed by atoms with Crippen molar-refractivity contribution in [3.63, 3.8) is 0 Å². The van der Waals surface area contributed by atoms with Gasteiger partial charge in [0.1, 0.15) is 0 Å². The molecule has 0 radical (unpaired) electrons. The van der Waals surface area contributed by atoms with Crippen molar-refractivity contribution < 1.29 is 9.59 Å². The highest BCUT2D eigenvalue weighted by molar-refractivity contribution is 6.01. The summed E-state index contributed by atoms with van der Waals surface area (Å²) >= 11 is 0. The van der Waals surface area contributed by atoms with Gasteiger partial charge in [-0.25, -0.2) is 0 Å². The van der Waals surface area contributed by atoms with Crippen molar-refractivity contribution in [1.29, 1.82) is 0 Å². The molecule has 21 heavy (non-hydrogen) atoms. The number of nitrogens with zero attached hydrogens (tertiary/aromatic N) is 1. The molecule has 4 heteroatoms. The fourth-order valence-electron chi connectivity index (χ4n) is 2.76. The Morgan fingerprint density at radius 2 is 1.67 bits per heavy atom. The first-order valence-corrected chi connectivity index (χ1v) is 7.51. The summed E-state index contributed by atoms with van der Waals surface area (Å²) in [5.41, 5.74) is 1.28. The van der Waals surface area contributed by atoms with Crippen molar-refractivity contribution in [3.05, 3.63) is 35.9 Å². The molecule has 1 unspecified atom stereocenters. The normalized spacial score (nSPS) is 17.4. The molecular formula is C17H24N2O2. The molecule has 0 spiro atoms. The molecule has 4 nitrogen and oxygen atoms in total. The van der Waals surface area contributed by atoms with Crippen LogP contribution in [0.3, 0.4) is 0 Å². The number of rotatable bonds is 5. The van der Waals surface area contributed by atoms with Crippen LogP contribution in [-0.2, 0) is 9.59 Å². The molecule has 0 bridgehead atoms. The van der Waals surface area contributed by atoms with Gasteiger partial charge >= 0.3 is 0 Å². The maximum atomic E-state index is 11.6. The maximum absolute atomic E-state index is 11.6. The first-order chi connectivity index (χ1) is 9.89. The molecular weight excluding hydrogens is 264 g/mol. The zero-order valence-corrected chi connectivity index (χ0v) is 13.1. The topological polar surface area (TPSA) is 49.4 Å². The van der Waals surface area contributed by atoms with Crippen LogP contribution in [0.25, 0.3) is 0 Å². The summed E-state index contributed by atoms with van der Waals surface area (Å²) in [4.78, 5) is 24.6. The smallest absolute Gasteiger partial charge is 0.229 e. The van der Waals surface area contributed by atoms with Gasteiger partial charge in [0.05, 0.1) is 0 Å². The number of likely N-dealkylation sites (tertiary alicyclic amines) is 1. The standard InChI is InChI=1S/C17H24N2O2/c1-17(2,3)16(13-7-5-4-6-8-13)18-11-12-19-14(20)9-10-15(19)21/h4-8,16,18H,9-12H2,1-3H3. The Morgan fingerprint density at radius 1 is 1.10 bits per heavy atom. The van der Waals surface area contributed by atoms with E-state index in [-0.39, 0.29) is 23.3 Å². The van der Waals surface area contributed by atoms with E-state index in [1.54, 1.807) is 0 Å². The van der Waals surface area contributed by atoms with Crippen LogP contribution in [-0.4, -0.2) is 29.8 Å². The van der Waals surface area contributed by atoms with Crippen LogP contribution in [0.4, 0.5) is 0 Å². The van der Waals surface area contributed by atoms with Gasteiger partial charge in [-0.15, -0.1) is 0 Å². The summed E-state index contributed by atoms with van der Waals surface area (Å²) in [6.07, 6.45) is 0.723. The van der Waals surface area contributed by atoms with Crippen molar-refractivity contribution in [3.8, 4) is 0 Å². The number of amides is 2. The van der Waals surface area contributed by atoms with E-state index in [9.17, 15) is 9.59 Å². The Balaban J connectivity index is 1.98. The fraction of sp³-hybridized carbons (Fsp3) is 0.529. The highest BCUT2D eigenvalue weighted by Crippen LogP contribution is 2.32. The molecule has 2 rings (SSSR count). The SMILES string of the molecule is CC(C)(C)C(NCCN1C(=O)CCC1=O)c1ccccc1. The van der Waals surface area contributed by atoms with E-state index in [2.05, 4.69) is 38.2 Å². The van der Waals surface area contributed by atoms with Gasteiger partial charge < -0.3 is 5.32 Å². The van der Waals surface area contributed by atoms with Gasteiger partial charge in [0.15, 0.2) is 0 Å². The molecule has 1 aliphatic heterocycles. The number of carbonyl (C=O) groups excluding carboxylic acids is 2. The van der Waals surface area contributed by atoms with Gasteiger partial charge in [-0.2, -0.15) is 0 Å². The van der Waals surface area contributed by atoms with Crippen LogP contribution in [0.5, 0.6) is 0 Å². The van der Waals surface area contributed by atoms with E-state index in [1.165, 1.54) is 10.5 Å². The first-order valence-electron chi connectivity index (χ1n) is 7.51. The van der Waals surface area contributed by atoms with E-state index in [4.69, 9.17) is 0 Å². The second-order valence-electron chi connectivity index (χ2n) is 6.60. The number of imide groups is 1. The molecule has 1 atom stereocenters. The molecule has 1 N–H and O–H groups in total. The van der Waals surface area contributed by atoms with Gasteiger partial charge in [-0.3, -0.25) is 14.5 Å². The Kier molecular flexibility index (Phi) is 4.78. The zero-order chi connectivity index (χ0) is 15.5. The predicted molar refractivity (Wildman–Crippen MR) is 82.6 cm³/mol. The number of hydrogen-bond acceptors (Lipinski definition) is 3. The zero-order valence-electron chi connectivity index (χ0n) is 13.1. The highest BCUT2D eigenvalue weighted by Gasteiger charge is 2.30. The lowest BCUT2D eigenvalue weighted by atomic mass is 9.82. The average molecular weight is 288 g/mol. The Labute approximate surface area is 126 Å². The highest BCUT2D eigenvalue weighted by atomic mass is 16.2. The number of carbonyl (C=O) groups is 2. The van der Waals surface area contributed by atoms with E-state index >= 15 is 0 Å². The van der Waals surface area contributed by atoms with Gasteiger partial charge in [-0.05, 0) is 11.0 Å². The lowest BCUT2D eigenvalue weighted by Crippen LogP contribution is -2.40.